The van der Waals surface area contributed by atoms with Crippen molar-refractivity contribution in [3.05, 3.63) is 35.4 Å². The monoisotopic (exact) mass is 298 g/mol. The molecule has 1 heterocycles. The molecule has 1 aromatic rings. The van der Waals surface area contributed by atoms with Gasteiger partial charge in [0, 0.05) is 4.90 Å². The molecule has 2 rings (SSSR count). The SMILES string of the molecule is CCOC(=O)C1=Cc2ccccc2SC1Br. The number of hydrogen-bond acceptors (Lipinski definition) is 3. The van der Waals surface area contributed by atoms with E-state index in [1.165, 1.54) is 4.90 Å². The second-order valence-corrected chi connectivity index (χ2v) is 5.96. The molecule has 0 saturated carbocycles. The molecular formula is C12H11BrO2S. The highest BCUT2D eigenvalue weighted by molar-refractivity contribution is 9.11. The first-order valence-corrected chi connectivity index (χ1v) is 6.80. The normalized spacial score (nSPS) is 18.6. The molecule has 0 spiro atoms. The minimum absolute atomic E-state index is 0.0264. The Hall–Kier alpha value is -0.740. The van der Waals surface area contributed by atoms with E-state index in [1.54, 1.807) is 11.8 Å². The van der Waals surface area contributed by atoms with Crippen LogP contribution in [0.3, 0.4) is 0 Å². The lowest BCUT2D eigenvalue weighted by Gasteiger charge is -2.19. The Morgan fingerprint density at radius 3 is 3.00 bits per heavy atom. The van der Waals surface area contributed by atoms with Gasteiger partial charge in [-0.15, -0.1) is 11.8 Å². The molecule has 4 heteroatoms. The topological polar surface area (TPSA) is 26.3 Å². The van der Waals surface area contributed by atoms with E-state index in [4.69, 9.17) is 4.74 Å². The molecule has 2 nitrogen and oxygen atoms in total. The number of carbonyl (C=O) groups is 1. The van der Waals surface area contributed by atoms with E-state index in [1.807, 2.05) is 37.3 Å². The summed E-state index contributed by atoms with van der Waals surface area (Å²) in [5, 5.41) is 0. The van der Waals surface area contributed by atoms with Gasteiger partial charge in [-0.2, -0.15) is 0 Å². The van der Waals surface area contributed by atoms with E-state index in [9.17, 15) is 4.79 Å². The van der Waals surface area contributed by atoms with Crippen molar-refractivity contribution in [2.75, 3.05) is 6.61 Å². The van der Waals surface area contributed by atoms with Gasteiger partial charge in [0.1, 0.15) is 0 Å². The minimum Gasteiger partial charge on any atom is -0.463 e. The maximum absolute atomic E-state index is 11.7. The highest BCUT2D eigenvalue weighted by Gasteiger charge is 2.25. The summed E-state index contributed by atoms with van der Waals surface area (Å²) < 4.78 is 4.99. The number of benzene rings is 1. The minimum atomic E-state index is -0.244. The summed E-state index contributed by atoms with van der Waals surface area (Å²) in [5.41, 5.74) is 1.75. The Morgan fingerprint density at radius 1 is 1.50 bits per heavy atom. The highest BCUT2D eigenvalue weighted by Crippen LogP contribution is 2.40. The second-order valence-electron chi connectivity index (χ2n) is 3.29. The fraction of sp³-hybridized carbons (Fsp3) is 0.250. The van der Waals surface area contributed by atoms with Crippen molar-refractivity contribution in [2.24, 2.45) is 0 Å². The van der Waals surface area contributed by atoms with Crippen LogP contribution in [0.2, 0.25) is 0 Å². The lowest BCUT2D eigenvalue weighted by atomic mass is 10.1. The molecule has 1 aliphatic heterocycles. The van der Waals surface area contributed by atoms with Crippen LogP contribution in [-0.2, 0) is 9.53 Å². The quantitative estimate of drug-likeness (QED) is 0.618. The van der Waals surface area contributed by atoms with E-state index < -0.39 is 0 Å². The number of alkyl halides is 1. The second kappa shape index (κ2) is 5.06. The number of rotatable bonds is 2. The van der Waals surface area contributed by atoms with Gasteiger partial charge >= 0.3 is 5.97 Å². The number of halogens is 1. The molecule has 0 fully saturated rings. The molecule has 0 saturated heterocycles. The molecule has 1 unspecified atom stereocenters. The molecule has 1 aliphatic rings. The van der Waals surface area contributed by atoms with Gasteiger partial charge in [-0.05, 0) is 24.6 Å². The Balaban J connectivity index is 2.33. The first-order valence-electron chi connectivity index (χ1n) is 5.01. The molecule has 1 atom stereocenters. The summed E-state index contributed by atoms with van der Waals surface area (Å²) in [6.45, 7) is 2.22. The number of fused-ring (bicyclic) bond motifs is 1. The van der Waals surface area contributed by atoms with E-state index in [-0.39, 0.29) is 10.1 Å². The van der Waals surface area contributed by atoms with Gasteiger partial charge in [-0.25, -0.2) is 4.79 Å². The molecule has 0 N–H and O–H groups in total. The zero-order chi connectivity index (χ0) is 11.5. The van der Waals surface area contributed by atoms with Crippen LogP contribution in [0.5, 0.6) is 0 Å². The highest BCUT2D eigenvalue weighted by atomic mass is 79.9. The summed E-state index contributed by atoms with van der Waals surface area (Å²) >= 11 is 5.11. The number of thioether (sulfide) groups is 1. The third-order valence-electron chi connectivity index (χ3n) is 2.22. The smallest absolute Gasteiger partial charge is 0.336 e. The van der Waals surface area contributed by atoms with Gasteiger partial charge in [0.05, 0.1) is 16.3 Å². The Kier molecular flexibility index (Phi) is 3.71. The van der Waals surface area contributed by atoms with Crippen molar-refractivity contribution in [3.63, 3.8) is 0 Å². The van der Waals surface area contributed by atoms with E-state index in [0.29, 0.717) is 12.2 Å². The summed E-state index contributed by atoms with van der Waals surface area (Å²) in [7, 11) is 0. The van der Waals surface area contributed by atoms with Gasteiger partial charge in [-0.1, -0.05) is 34.1 Å². The Morgan fingerprint density at radius 2 is 2.25 bits per heavy atom. The largest absolute Gasteiger partial charge is 0.463 e. The summed E-state index contributed by atoms with van der Waals surface area (Å²) in [6, 6.07) is 8.01. The fourth-order valence-electron chi connectivity index (χ4n) is 1.48. The van der Waals surface area contributed by atoms with Crippen molar-refractivity contribution >= 4 is 39.7 Å². The molecule has 0 aromatic heterocycles. The number of ether oxygens (including phenoxy) is 1. The van der Waals surface area contributed by atoms with Crippen LogP contribution in [0.15, 0.2) is 34.7 Å². The maximum Gasteiger partial charge on any atom is 0.336 e. The van der Waals surface area contributed by atoms with E-state index in [0.717, 1.165) is 5.56 Å². The van der Waals surface area contributed by atoms with E-state index in [2.05, 4.69) is 15.9 Å². The molecule has 0 bridgehead atoms. The van der Waals surface area contributed by atoms with Crippen LogP contribution in [0, 0.1) is 0 Å². The summed E-state index contributed by atoms with van der Waals surface area (Å²) in [4.78, 5) is 12.9. The van der Waals surface area contributed by atoms with Crippen LogP contribution in [0.4, 0.5) is 0 Å². The van der Waals surface area contributed by atoms with Crippen LogP contribution in [0.1, 0.15) is 12.5 Å². The molecule has 16 heavy (non-hydrogen) atoms. The summed E-state index contributed by atoms with van der Waals surface area (Å²) in [5.74, 6) is -0.244. The van der Waals surface area contributed by atoms with Crippen LogP contribution in [-0.4, -0.2) is 16.7 Å². The van der Waals surface area contributed by atoms with Crippen molar-refractivity contribution in [3.8, 4) is 0 Å². The van der Waals surface area contributed by atoms with Crippen LogP contribution in [0.25, 0.3) is 6.08 Å². The molecule has 0 amide bonds. The third-order valence-corrected chi connectivity index (χ3v) is 4.36. The lowest BCUT2D eigenvalue weighted by molar-refractivity contribution is -0.138. The van der Waals surface area contributed by atoms with Crippen molar-refractivity contribution in [1.29, 1.82) is 0 Å². The number of hydrogen-bond donors (Lipinski definition) is 0. The first-order chi connectivity index (χ1) is 7.72. The van der Waals surface area contributed by atoms with Gasteiger partial charge in [0.15, 0.2) is 0 Å². The fourth-order valence-corrected chi connectivity index (χ4v) is 3.34. The molecule has 1 aromatic carbocycles. The number of carbonyl (C=O) groups excluding carboxylic acids is 1. The average molecular weight is 299 g/mol. The predicted molar refractivity (Wildman–Crippen MR) is 69.6 cm³/mol. The average Bonchev–Trinajstić information content (AvgIpc) is 2.28. The zero-order valence-corrected chi connectivity index (χ0v) is 11.2. The van der Waals surface area contributed by atoms with Crippen LogP contribution >= 0.6 is 27.7 Å². The molecule has 84 valence electrons. The standard InChI is InChI=1S/C12H11BrO2S/c1-2-15-12(14)9-7-8-5-3-4-6-10(8)16-11(9)13/h3-7,11H,2H2,1H3. The number of esters is 1. The summed E-state index contributed by atoms with van der Waals surface area (Å²) in [6.07, 6.45) is 1.89. The van der Waals surface area contributed by atoms with Gasteiger partial charge in [0.2, 0.25) is 0 Å². The molecule has 0 radical (unpaired) electrons. The van der Waals surface area contributed by atoms with Gasteiger partial charge < -0.3 is 4.74 Å². The van der Waals surface area contributed by atoms with Crippen molar-refractivity contribution < 1.29 is 9.53 Å². The molecule has 0 aliphatic carbocycles. The zero-order valence-electron chi connectivity index (χ0n) is 8.77. The van der Waals surface area contributed by atoms with Gasteiger partial charge in [-0.3, -0.25) is 0 Å². The Bertz CT molecular complexity index is 442. The maximum atomic E-state index is 11.7. The molecular weight excluding hydrogens is 288 g/mol. The van der Waals surface area contributed by atoms with Crippen molar-refractivity contribution in [2.45, 2.75) is 16.0 Å². The van der Waals surface area contributed by atoms with Gasteiger partial charge in [0.25, 0.3) is 0 Å². The first kappa shape index (κ1) is 11.7. The Labute approximate surface area is 107 Å². The van der Waals surface area contributed by atoms with Crippen LogP contribution < -0.4 is 0 Å². The van der Waals surface area contributed by atoms with E-state index >= 15 is 0 Å². The lowest BCUT2D eigenvalue weighted by Crippen LogP contribution is -2.15. The predicted octanol–water partition coefficient (Wildman–Crippen LogP) is 3.46. The third kappa shape index (κ3) is 2.33. The van der Waals surface area contributed by atoms with Crippen molar-refractivity contribution in [1.82, 2.24) is 0 Å².